The van der Waals surface area contributed by atoms with Crippen LogP contribution in [0.3, 0.4) is 0 Å². The van der Waals surface area contributed by atoms with Crippen molar-refractivity contribution in [2.75, 3.05) is 18.6 Å². The minimum Gasteiger partial charge on any atom is -0.493 e. The summed E-state index contributed by atoms with van der Waals surface area (Å²) in [6.45, 7) is 2.21. The van der Waals surface area contributed by atoms with Gasteiger partial charge in [0.15, 0.2) is 0 Å². The van der Waals surface area contributed by atoms with Crippen LogP contribution in [-0.2, 0) is 14.3 Å². The van der Waals surface area contributed by atoms with Gasteiger partial charge >= 0.3 is 12.0 Å². The minimum atomic E-state index is -0.882. The Bertz CT molecular complexity index is 1060. The SMILES string of the molecule is CCOc1ccc(Br)cc1/C=C1\C(=O)NC(=O)N(c2ccc(C(=O)OC)cc2)C1=O. The van der Waals surface area contributed by atoms with Crippen molar-refractivity contribution in [1.29, 1.82) is 0 Å². The molecule has 1 heterocycles. The number of imide groups is 2. The van der Waals surface area contributed by atoms with Crippen LogP contribution in [0.2, 0.25) is 0 Å². The van der Waals surface area contributed by atoms with E-state index in [0.717, 1.165) is 9.37 Å². The van der Waals surface area contributed by atoms with E-state index in [1.807, 2.05) is 6.92 Å². The van der Waals surface area contributed by atoms with Gasteiger partial charge in [-0.25, -0.2) is 14.5 Å². The van der Waals surface area contributed by atoms with E-state index in [9.17, 15) is 19.2 Å². The lowest BCUT2D eigenvalue weighted by atomic mass is 10.1. The van der Waals surface area contributed by atoms with Gasteiger partial charge in [0.1, 0.15) is 11.3 Å². The summed E-state index contributed by atoms with van der Waals surface area (Å²) < 4.78 is 10.9. The summed E-state index contributed by atoms with van der Waals surface area (Å²) in [4.78, 5) is 50.1. The Balaban J connectivity index is 2.00. The van der Waals surface area contributed by atoms with Gasteiger partial charge in [0, 0.05) is 10.0 Å². The van der Waals surface area contributed by atoms with Gasteiger partial charge in [-0.15, -0.1) is 0 Å². The molecular formula is C21H17BrN2O6. The van der Waals surface area contributed by atoms with Crippen LogP contribution >= 0.6 is 15.9 Å². The highest BCUT2D eigenvalue weighted by atomic mass is 79.9. The summed E-state index contributed by atoms with van der Waals surface area (Å²) in [6.07, 6.45) is 1.37. The molecule has 9 heteroatoms. The molecule has 0 saturated carbocycles. The van der Waals surface area contributed by atoms with Gasteiger partial charge < -0.3 is 9.47 Å². The Morgan fingerprint density at radius 3 is 2.47 bits per heavy atom. The summed E-state index contributed by atoms with van der Waals surface area (Å²) in [7, 11) is 1.25. The first-order chi connectivity index (χ1) is 14.3. The number of halogens is 1. The highest BCUT2D eigenvalue weighted by Gasteiger charge is 2.37. The van der Waals surface area contributed by atoms with Gasteiger partial charge in [-0.3, -0.25) is 14.9 Å². The fourth-order valence-corrected chi connectivity index (χ4v) is 3.21. The largest absolute Gasteiger partial charge is 0.493 e. The lowest BCUT2D eigenvalue weighted by molar-refractivity contribution is -0.122. The number of nitrogens with one attached hydrogen (secondary N) is 1. The molecule has 0 bridgehead atoms. The Morgan fingerprint density at radius 2 is 1.83 bits per heavy atom. The second kappa shape index (κ2) is 8.91. The Morgan fingerprint density at radius 1 is 1.13 bits per heavy atom. The van der Waals surface area contributed by atoms with Crippen LogP contribution in [0.25, 0.3) is 6.08 Å². The molecule has 1 aliphatic heterocycles. The van der Waals surface area contributed by atoms with Gasteiger partial charge in [0.2, 0.25) is 0 Å². The molecule has 0 aromatic heterocycles. The van der Waals surface area contributed by atoms with Crippen molar-refractivity contribution in [3.63, 3.8) is 0 Å². The van der Waals surface area contributed by atoms with Gasteiger partial charge in [0.25, 0.3) is 11.8 Å². The van der Waals surface area contributed by atoms with Crippen LogP contribution in [0.1, 0.15) is 22.8 Å². The van der Waals surface area contributed by atoms with Crippen molar-refractivity contribution >= 4 is 51.5 Å². The van der Waals surface area contributed by atoms with Crippen molar-refractivity contribution in [3.8, 4) is 5.75 Å². The molecule has 8 nitrogen and oxygen atoms in total. The van der Waals surface area contributed by atoms with Gasteiger partial charge in [-0.2, -0.15) is 0 Å². The van der Waals surface area contributed by atoms with Gasteiger partial charge in [0.05, 0.1) is 25.0 Å². The number of carbonyl (C=O) groups excluding carboxylic acids is 4. The quantitative estimate of drug-likeness (QED) is 0.406. The summed E-state index contributed by atoms with van der Waals surface area (Å²) in [5.74, 6) is -1.67. The standard InChI is InChI=1S/C21H17BrN2O6/c1-3-30-17-9-6-14(22)10-13(17)11-16-18(25)23-21(28)24(19(16)26)15-7-4-12(5-8-15)20(27)29-2/h4-11H,3H2,1-2H3,(H,23,25,28)/b16-11+. The fraction of sp³-hybridized carbons (Fsp3) is 0.143. The molecule has 4 amide bonds. The Hall–Kier alpha value is -3.46. The first-order valence-electron chi connectivity index (χ1n) is 8.88. The van der Waals surface area contributed by atoms with Gasteiger partial charge in [-0.1, -0.05) is 15.9 Å². The molecule has 2 aromatic rings. The summed E-state index contributed by atoms with van der Waals surface area (Å²) in [5, 5.41) is 2.16. The molecule has 0 atom stereocenters. The second-order valence-corrected chi connectivity index (χ2v) is 7.03. The summed E-state index contributed by atoms with van der Waals surface area (Å²) in [6, 6.07) is 9.97. The number of esters is 1. The average Bonchev–Trinajstić information content (AvgIpc) is 2.72. The highest BCUT2D eigenvalue weighted by Crippen LogP contribution is 2.28. The minimum absolute atomic E-state index is 0.197. The first-order valence-corrected chi connectivity index (χ1v) is 9.67. The molecule has 3 rings (SSSR count). The number of barbiturate groups is 1. The van der Waals surface area contributed by atoms with E-state index >= 15 is 0 Å². The lowest BCUT2D eigenvalue weighted by Gasteiger charge is -2.26. The van der Waals surface area contributed by atoms with E-state index in [-0.39, 0.29) is 16.8 Å². The molecule has 0 unspecified atom stereocenters. The number of ether oxygens (including phenoxy) is 2. The Kier molecular flexibility index (Phi) is 6.31. The van der Waals surface area contributed by atoms with Crippen LogP contribution in [0.5, 0.6) is 5.75 Å². The molecular weight excluding hydrogens is 456 g/mol. The monoisotopic (exact) mass is 472 g/mol. The third-order valence-electron chi connectivity index (χ3n) is 4.22. The zero-order valence-electron chi connectivity index (χ0n) is 16.1. The molecule has 2 aromatic carbocycles. The number of methoxy groups -OCH3 is 1. The molecule has 1 aliphatic rings. The van der Waals surface area contributed by atoms with Crippen LogP contribution in [0.15, 0.2) is 52.5 Å². The van der Waals surface area contributed by atoms with Crippen molar-refractivity contribution < 1.29 is 28.7 Å². The molecule has 154 valence electrons. The summed E-state index contributed by atoms with van der Waals surface area (Å²) in [5.41, 5.74) is 0.724. The van der Waals surface area contributed by atoms with Crippen LogP contribution in [-0.4, -0.2) is 37.5 Å². The topological polar surface area (TPSA) is 102 Å². The van der Waals surface area contributed by atoms with Crippen molar-refractivity contribution in [2.45, 2.75) is 6.92 Å². The van der Waals surface area contributed by atoms with Crippen LogP contribution < -0.4 is 15.0 Å². The third-order valence-corrected chi connectivity index (χ3v) is 4.71. The smallest absolute Gasteiger partial charge is 0.337 e. The predicted molar refractivity (Wildman–Crippen MR) is 112 cm³/mol. The molecule has 1 N–H and O–H groups in total. The molecule has 0 radical (unpaired) electrons. The number of benzene rings is 2. The normalized spacial score (nSPS) is 15.2. The van der Waals surface area contributed by atoms with Crippen molar-refractivity contribution in [1.82, 2.24) is 5.32 Å². The number of amides is 4. The van der Waals surface area contributed by atoms with E-state index in [2.05, 4.69) is 26.0 Å². The van der Waals surface area contributed by atoms with Gasteiger partial charge in [-0.05, 0) is 55.5 Å². The molecule has 0 aliphatic carbocycles. The number of hydrogen-bond donors (Lipinski definition) is 1. The highest BCUT2D eigenvalue weighted by molar-refractivity contribution is 9.10. The van der Waals surface area contributed by atoms with E-state index in [4.69, 9.17) is 4.74 Å². The van der Waals surface area contributed by atoms with E-state index in [0.29, 0.717) is 17.9 Å². The fourth-order valence-electron chi connectivity index (χ4n) is 2.83. The van der Waals surface area contributed by atoms with Crippen LogP contribution in [0.4, 0.5) is 10.5 Å². The first kappa shape index (κ1) is 21.3. The number of nitrogens with zero attached hydrogens (tertiary/aromatic N) is 1. The van der Waals surface area contributed by atoms with Crippen molar-refractivity contribution in [2.24, 2.45) is 0 Å². The molecule has 30 heavy (non-hydrogen) atoms. The Labute approximate surface area is 180 Å². The maximum atomic E-state index is 13.0. The van der Waals surface area contributed by atoms with Crippen LogP contribution in [0, 0.1) is 0 Å². The maximum Gasteiger partial charge on any atom is 0.337 e. The number of rotatable bonds is 5. The average molecular weight is 473 g/mol. The number of hydrogen-bond acceptors (Lipinski definition) is 6. The summed E-state index contributed by atoms with van der Waals surface area (Å²) >= 11 is 3.35. The molecule has 0 spiro atoms. The number of urea groups is 1. The van der Waals surface area contributed by atoms with E-state index in [1.165, 1.54) is 37.5 Å². The molecule has 1 saturated heterocycles. The zero-order chi connectivity index (χ0) is 21.8. The maximum absolute atomic E-state index is 13.0. The van der Waals surface area contributed by atoms with Crippen molar-refractivity contribution in [3.05, 3.63) is 63.6 Å². The number of anilines is 1. The van der Waals surface area contributed by atoms with E-state index < -0.39 is 23.8 Å². The lowest BCUT2D eigenvalue weighted by Crippen LogP contribution is -2.54. The third kappa shape index (κ3) is 4.25. The number of carbonyl (C=O) groups is 4. The predicted octanol–water partition coefficient (Wildman–Crippen LogP) is 3.30. The molecule has 1 fully saturated rings. The van der Waals surface area contributed by atoms with E-state index in [1.54, 1.807) is 18.2 Å². The zero-order valence-corrected chi connectivity index (χ0v) is 17.7. The second-order valence-electron chi connectivity index (χ2n) is 6.11.